The zero-order chi connectivity index (χ0) is 14.9. The lowest BCUT2D eigenvalue weighted by molar-refractivity contribution is -0.119. The van der Waals surface area contributed by atoms with Crippen molar-refractivity contribution < 1.29 is 9.90 Å². The van der Waals surface area contributed by atoms with Gasteiger partial charge in [-0.25, -0.2) is 0 Å². The highest BCUT2D eigenvalue weighted by atomic mass is 35.6. The molecule has 0 saturated carbocycles. The minimum atomic E-state index is -1.95. The van der Waals surface area contributed by atoms with E-state index in [0.717, 1.165) is 5.56 Å². The van der Waals surface area contributed by atoms with Crippen LogP contribution in [0.3, 0.4) is 0 Å². The molecule has 0 fully saturated rings. The Morgan fingerprint density at radius 3 is 2.26 bits per heavy atom. The van der Waals surface area contributed by atoms with Gasteiger partial charge in [0.2, 0.25) is 9.70 Å². The number of nitrogens with one attached hydrogen (secondary N) is 1. The Bertz CT molecular complexity index is 402. The molecule has 0 aliphatic carbocycles. The van der Waals surface area contributed by atoms with Gasteiger partial charge in [0.05, 0.1) is 0 Å². The summed E-state index contributed by atoms with van der Waals surface area (Å²) in [6, 6.07) is 9.20. The second kappa shape index (κ2) is 9.21. The van der Waals surface area contributed by atoms with E-state index in [4.69, 9.17) is 34.8 Å². The number of hydrogen-bond donors (Lipinski definition) is 2. The number of amides is 1. The van der Waals surface area contributed by atoms with Crippen LogP contribution in [0.15, 0.2) is 36.4 Å². The van der Waals surface area contributed by atoms with E-state index >= 15 is 0 Å². The molecular weight excluding hydrogens is 309 g/mol. The summed E-state index contributed by atoms with van der Waals surface area (Å²) in [6.45, 7) is 4.00. The zero-order valence-electron chi connectivity index (χ0n) is 10.6. The Labute approximate surface area is 128 Å². The van der Waals surface area contributed by atoms with Crippen LogP contribution in [0.4, 0.5) is 0 Å². The molecule has 0 aliphatic rings. The highest BCUT2D eigenvalue weighted by Gasteiger charge is 2.31. The van der Waals surface area contributed by atoms with Crippen molar-refractivity contribution in [1.82, 2.24) is 5.32 Å². The molecule has 2 N–H and O–H groups in total. The van der Waals surface area contributed by atoms with Crippen molar-refractivity contribution in [3.8, 4) is 0 Å². The van der Waals surface area contributed by atoms with Crippen molar-refractivity contribution in [2.24, 2.45) is 0 Å². The normalized spacial score (nSPS) is 12.5. The number of hydrogen-bond acceptors (Lipinski definition) is 2. The molecule has 1 atom stereocenters. The molecule has 106 valence electrons. The fourth-order valence-electron chi connectivity index (χ4n) is 1.00. The fourth-order valence-corrected chi connectivity index (χ4v) is 1.16. The average Bonchev–Trinajstić information content (AvgIpc) is 2.39. The van der Waals surface area contributed by atoms with E-state index in [2.05, 4.69) is 5.32 Å². The van der Waals surface area contributed by atoms with Crippen LogP contribution in [0, 0.1) is 0 Å². The van der Waals surface area contributed by atoms with Gasteiger partial charge in [-0.2, -0.15) is 0 Å². The first-order chi connectivity index (χ1) is 8.89. The molecule has 0 heterocycles. The number of carbonyl (C=O) groups is 1. The highest BCUT2D eigenvalue weighted by molar-refractivity contribution is 6.68. The molecule has 1 aromatic rings. The number of benzene rings is 1. The van der Waals surface area contributed by atoms with E-state index in [0.29, 0.717) is 0 Å². The standard InChI is InChI=1S/C11H10Cl3NO2.C2H6/c12-11(13,14)10(17)15-9(16)7-6-8-4-2-1-3-5-8;1-2/h1-7,10,17H,(H,15,16);1-2H3/b7-6+;. The van der Waals surface area contributed by atoms with E-state index in [-0.39, 0.29) is 0 Å². The second-order valence-corrected chi connectivity index (χ2v) is 5.57. The van der Waals surface area contributed by atoms with E-state index in [1.165, 1.54) is 6.08 Å². The van der Waals surface area contributed by atoms with Crippen molar-refractivity contribution >= 4 is 46.8 Å². The first-order valence-corrected chi connectivity index (χ1v) is 6.81. The van der Waals surface area contributed by atoms with E-state index in [9.17, 15) is 9.90 Å². The molecule has 0 bridgehead atoms. The number of carbonyl (C=O) groups excluding carboxylic acids is 1. The van der Waals surface area contributed by atoms with Crippen molar-refractivity contribution in [2.45, 2.75) is 23.9 Å². The summed E-state index contributed by atoms with van der Waals surface area (Å²) in [4.78, 5) is 11.3. The lowest BCUT2D eigenvalue weighted by atomic mass is 10.2. The molecule has 0 aromatic heterocycles. The first-order valence-electron chi connectivity index (χ1n) is 5.68. The third-order valence-corrected chi connectivity index (χ3v) is 2.44. The maximum Gasteiger partial charge on any atom is 0.246 e. The van der Waals surface area contributed by atoms with Crippen LogP contribution >= 0.6 is 34.8 Å². The lowest BCUT2D eigenvalue weighted by Gasteiger charge is -2.18. The third kappa shape index (κ3) is 8.11. The van der Waals surface area contributed by atoms with E-state index in [1.54, 1.807) is 6.08 Å². The SMILES string of the molecule is CC.O=C(/C=C/c1ccccc1)NC(O)C(Cl)(Cl)Cl. The zero-order valence-corrected chi connectivity index (χ0v) is 12.9. The second-order valence-electron chi connectivity index (χ2n) is 3.20. The summed E-state index contributed by atoms with van der Waals surface area (Å²) in [5, 5.41) is 11.4. The molecule has 0 aliphatic heterocycles. The number of halogens is 3. The van der Waals surface area contributed by atoms with Crippen LogP contribution < -0.4 is 5.32 Å². The molecular formula is C13H16Cl3NO2. The monoisotopic (exact) mass is 323 g/mol. The Morgan fingerprint density at radius 1 is 1.26 bits per heavy atom. The summed E-state index contributed by atoms with van der Waals surface area (Å²) in [6.07, 6.45) is 1.27. The van der Waals surface area contributed by atoms with Crippen LogP contribution in [0.1, 0.15) is 19.4 Å². The maximum absolute atomic E-state index is 11.3. The minimum absolute atomic E-state index is 0.548. The van der Waals surface area contributed by atoms with Gasteiger partial charge in [-0.1, -0.05) is 79.0 Å². The third-order valence-electron chi connectivity index (χ3n) is 1.82. The van der Waals surface area contributed by atoms with Crippen molar-refractivity contribution in [1.29, 1.82) is 0 Å². The van der Waals surface area contributed by atoms with Crippen LogP contribution in [-0.4, -0.2) is 21.0 Å². The van der Waals surface area contributed by atoms with Crippen molar-refractivity contribution in [2.75, 3.05) is 0 Å². The van der Waals surface area contributed by atoms with Gasteiger partial charge >= 0.3 is 0 Å². The molecule has 19 heavy (non-hydrogen) atoms. The Morgan fingerprint density at radius 2 is 1.79 bits per heavy atom. The van der Waals surface area contributed by atoms with Crippen LogP contribution in [0.2, 0.25) is 0 Å². The van der Waals surface area contributed by atoms with Gasteiger partial charge in [-0.05, 0) is 11.6 Å². The van der Waals surface area contributed by atoms with Crippen LogP contribution in [0.5, 0.6) is 0 Å². The molecule has 6 heteroatoms. The molecule has 3 nitrogen and oxygen atoms in total. The van der Waals surface area contributed by atoms with Crippen molar-refractivity contribution in [3.63, 3.8) is 0 Å². The smallest absolute Gasteiger partial charge is 0.246 e. The highest BCUT2D eigenvalue weighted by Crippen LogP contribution is 2.28. The quantitative estimate of drug-likeness (QED) is 0.507. The number of aliphatic hydroxyl groups is 1. The van der Waals surface area contributed by atoms with E-state index < -0.39 is 15.9 Å². The Kier molecular flexibility index (Phi) is 8.85. The average molecular weight is 325 g/mol. The first kappa shape index (κ1) is 18.3. The van der Waals surface area contributed by atoms with Gasteiger partial charge in [0, 0.05) is 6.08 Å². The fraction of sp³-hybridized carbons (Fsp3) is 0.308. The Hall–Kier alpha value is -0.740. The van der Waals surface area contributed by atoms with Gasteiger partial charge in [0.25, 0.3) is 0 Å². The van der Waals surface area contributed by atoms with Gasteiger partial charge in [-0.15, -0.1) is 0 Å². The molecule has 0 spiro atoms. The van der Waals surface area contributed by atoms with Gasteiger partial charge in [0.1, 0.15) is 0 Å². The largest absolute Gasteiger partial charge is 0.369 e. The van der Waals surface area contributed by atoms with Crippen LogP contribution in [0.25, 0.3) is 6.08 Å². The minimum Gasteiger partial charge on any atom is -0.369 e. The topological polar surface area (TPSA) is 49.3 Å². The Balaban J connectivity index is 0.00000154. The predicted molar refractivity (Wildman–Crippen MR) is 81.3 cm³/mol. The number of alkyl halides is 3. The summed E-state index contributed by atoms with van der Waals surface area (Å²) in [5.41, 5.74) is 0.853. The van der Waals surface area contributed by atoms with Crippen molar-refractivity contribution in [3.05, 3.63) is 42.0 Å². The summed E-state index contributed by atoms with van der Waals surface area (Å²) in [7, 11) is 0. The van der Waals surface area contributed by atoms with Gasteiger partial charge < -0.3 is 10.4 Å². The lowest BCUT2D eigenvalue weighted by Crippen LogP contribution is -2.42. The van der Waals surface area contributed by atoms with Crippen LogP contribution in [-0.2, 0) is 4.79 Å². The molecule has 0 saturated heterocycles. The predicted octanol–water partition coefficient (Wildman–Crippen LogP) is 3.53. The van der Waals surface area contributed by atoms with Gasteiger partial charge in [0.15, 0.2) is 6.23 Å². The molecule has 1 amide bonds. The molecule has 0 radical (unpaired) electrons. The van der Waals surface area contributed by atoms with E-state index in [1.807, 2.05) is 44.2 Å². The molecule has 1 aromatic carbocycles. The molecule has 1 unspecified atom stereocenters. The maximum atomic E-state index is 11.3. The van der Waals surface area contributed by atoms with Gasteiger partial charge in [-0.3, -0.25) is 4.79 Å². The summed E-state index contributed by atoms with van der Waals surface area (Å²) >= 11 is 16.2. The molecule has 1 rings (SSSR count). The number of aliphatic hydroxyl groups excluding tert-OH is 1. The summed E-state index contributed by atoms with van der Waals surface area (Å²) in [5.74, 6) is -0.548. The number of rotatable bonds is 3. The summed E-state index contributed by atoms with van der Waals surface area (Å²) < 4.78 is -1.95.